The van der Waals surface area contributed by atoms with E-state index in [1.54, 1.807) is 13.8 Å². The summed E-state index contributed by atoms with van der Waals surface area (Å²) in [6, 6.07) is -0.464. The molecule has 1 unspecified atom stereocenters. The molecule has 2 atom stereocenters. The third kappa shape index (κ3) is 3.41. The van der Waals surface area contributed by atoms with E-state index < -0.39 is 11.8 Å². The summed E-state index contributed by atoms with van der Waals surface area (Å²) in [6.07, 6.45) is -0.280. The maximum Gasteiger partial charge on any atom is 0.307 e. The van der Waals surface area contributed by atoms with Gasteiger partial charge in [0, 0.05) is 7.05 Å². The van der Waals surface area contributed by atoms with Crippen LogP contribution in [0, 0.1) is 0 Å². The Kier molecular flexibility index (Phi) is 4.26. The van der Waals surface area contributed by atoms with Crippen LogP contribution in [0.5, 0.6) is 0 Å². The molecule has 6 nitrogen and oxygen atoms in total. The first-order chi connectivity index (χ1) is 7.35. The first-order valence-corrected chi connectivity index (χ1v) is 5.16. The monoisotopic (exact) mass is 233 g/mol. The molecule has 1 aliphatic heterocycles. The number of hydrogen-bond donors (Lipinski definition) is 1. The molecular weight excluding hydrogens is 214 g/mol. The fourth-order valence-corrected chi connectivity index (χ4v) is 1.66. The number of carbonyl (C=O) groups is 1. The van der Waals surface area contributed by atoms with E-state index in [-0.39, 0.29) is 18.5 Å². The lowest BCUT2D eigenvalue weighted by atomic mass is 10.1. The van der Waals surface area contributed by atoms with Crippen LogP contribution in [-0.2, 0) is 19.0 Å². The Bertz CT molecular complexity index is 254. The summed E-state index contributed by atoms with van der Waals surface area (Å²) in [5.74, 6) is -1.06. The molecule has 0 saturated carbocycles. The van der Waals surface area contributed by atoms with Gasteiger partial charge in [0.15, 0.2) is 5.79 Å². The second-order valence-corrected chi connectivity index (χ2v) is 4.29. The van der Waals surface area contributed by atoms with Crippen molar-refractivity contribution in [2.45, 2.75) is 38.2 Å². The molecule has 0 aliphatic carbocycles. The fourth-order valence-electron chi connectivity index (χ4n) is 1.66. The quantitative estimate of drug-likeness (QED) is 0.559. The molecule has 1 rings (SSSR count). The number of carbonyl (C=O) groups excluding carboxylic acids is 1. The maximum atomic E-state index is 11.2. The minimum Gasteiger partial charge on any atom is -0.469 e. The lowest BCUT2D eigenvalue weighted by Gasteiger charge is -2.27. The molecule has 1 aliphatic rings. The van der Waals surface area contributed by atoms with Crippen molar-refractivity contribution >= 4 is 5.97 Å². The molecule has 16 heavy (non-hydrogen) atoms. The summed E-state index contributed by atoms with van der Waals surface area (Å²) in [7, 11) is 2.79. The van der Waals surface area contributed by atoms with Crippen LogP contribution in [0.2, 0.25) is 0 Å². The van der Waals surface area contributed by atoms with Crippen LogP contribution in [0.25, 0.3) is 0 Å². The van der Waals surface area contributed by atoms with Crippen molar-refractivity contribution in [3.05, 3.63) is 0 Å². The summed E-state index contributed by atoms with van der Waals surface area (Å²) >= 11 is 0. The molecule has 1 heterocycles. The number of nitrogens with zero attached hydrogens (tertiary/aromatic N) is 1. The molecule has 0 aromatic heterocycles. The second-order valence-electron chi connectivity index (χ2n) is 4.29. The van der Waals surface area contributed by atoms with Crippen LogP contribution >= 0.6 is 0 Å². The molecule has 6 heteroatoms. The van der Waals surface area contributed by atoms with Crippen LogP contribution in [0.15, 0.2) is 0 Å². The van der Waals surface area contributed by atoms with Gasteiger partial charge in [0.1, 0.15) is 6.10 Å². The van der Waals surface area contributed by atoms with E-state index in [2.05, 4.69) is 4.74 Å². The van der Waals surface area contributed by atoms with Gasteiger partial charge in [0.25, 0.3) is 0 Å². The molecule has 0 amide bonds. The Labute approximate surface area is 95.0 Å². The number of likely N-dealkylation sites (N-methyl/N-ethyl adjacent to an activating group) is 1. The van der Waals surface area contributed by atoms with E-state index >= 15 is 0 Å². The molecule has 94 valence electrons. The molecule has 0 aromatic rings. The summed E-state index contributed by atoms with van der Waals surface area (Å²) in [6.45, 7) is 3.93. The Morgan fingerprint density at radius 1 is 1.69 bits per heavy atom. The van der Waals surface area contributed by atoms with Gasteiger partial charge in [-0.3, -0.25) is 4.79 Å². The minimum absolute atomic E-state index is 0.0631. The van der Waals surface area contributed by atoms with Gasteiger partial charge in [0.2, 0.25) is 0 Å². The van der Waals surface area contributed by atoms with Crippen LogP contribution in [-0.4, -0.2) is 54.9 Å². The van der Waals surface area contributed by atoms with Gasteiger partial charge in [-0.1, -0.05) is 0 Å². The number of hydrogen-bond acceptors (Lipinski definition) is 6. The summed E-state index contributed by atoms with van der Waals surface area (Å²) in [4.78, 5) is 11.2. The maximum absolute atomic E-state index is 11.2. The Morgan fingerprint density at radius 2 is 2.31 bits per heavy atom. The molecule has 1 fully saturated rings. The summed E-state index contributed by atoms with van der Waals surface area (Å²) in [5, 5.41) is 10.4. The lowest BCUT2D eigenvalue weighted by Crippen LogP contribution is -2.43. The predicted octanol–water partition coefficient (Wildman–Crippen LogP) is 0.391. The van der Waals surface area contributed by atoms with E-state index in [4.69, 9.17) is 9.47 Å². The highest BCUT2D eigenvalue weighted by molar-refractivity contribution is 5.70. The van der Waals surface area contributed by atoms with Crippen molar-refractivity contribution in [1.29, 1.82) is 0 Å². The van der Waals surface area contributed by atoms with Gasteiger partial charge in [-0.05, 0) is 13.8 Å². The van der Waals surface area contributed by atoms with E-state index in [1.165, 1.54) is 14.2 Å². The Balaban J connectivity index is 2.61. The average Bonchev–Trinajstić information content (AvgIpc) is 2.54. The summed E-state index contributed by atoms with van der Waals surface area (Å²) < 4.78 is 15.5. The van der Waals surface area contributed by atoms with E-state index in [0.29, 0.717) is 6.61 Å². The molecular formula is C10H19NO5. The summed E-state index contributed by atoms with van der Waals surface area (Å²) in [5.41, 5.74) is 0. The normalized spacial score (nSPS) is 25.8. The van der Waals surface area contributed by atoms with E-state index in [9.17, 15) is 10.0 Å². The molecule has 1 N–H and O–H groups in total. The van der Waals surface area contributed by atoms with E-state index in [1.807, 2.05) is 0 Å². The van der Waals surface area contributed by atoms with Crippen molar-refractivity contribution in [3.8, 4) is 0 Å². The van der Waals surface area contributed by atoms with Gasteiger partial charge in [-0.2, -0.15) is 5.06 Å². The number of rotatable bonds is 4. The third-order valence-electron chi connectivity index (χ3n) is 2.54. The number of ether oxygens (including phenoxy) is 3. The third-order valence-corrected chi connectivity index (χ3v) is 2.54. The predicted molar refractivity (Wildman–Crippen MR) is 54.9 cm³/mol. The lowest BCUT2D eigenvalue weighted by molar-refractivity contribution is -0.181. The highest BCUT2D eigenvalue weighted by atomic mass is 16.7. The fraction of sp³-hybridized carbons (Fsp3) is 0.900. The average molecular weight is 233 g/mol. The molecule has 0 radical (unpaired) electrons. The van der Waals surface area contributed by atoms with Gasteiger partial charge in [-0.25, -0.2) is 0 Å². The number of esters is 1. The molecule has 0 bridgehead atoms. The van der Waals surface area contributed by atoms with Crippen LogP contribution in [0.1, 0.15) is 20.3 Å². The van der Waals surface area contributed by atoms with Gasteiger partial charge in [0.05, 0.1) is 26.2 Å². The van der Waals surface area contributed by atoms with Crippen molar-refractivity contribution in [2.75, 3.05) is 20.8 Å². The number of methoxy groups -OCH3 is 1. The highest BCUT2D eigenvalue weighted by Crippen LogP contribution is 2.26. The van der Waals surface area contributed by atoms with Crippen LogP contribution in [0.3, 0.4) is 0 Å². The van der Waals surface area contributed by atoms with Crippen molar-refractivity contribution in [1.82, 2.24) is 5.06 Å². The van der Waals surface area contributed by atoms with Crippen LogP contribution < -0.4 is 0 Å². The minimum atomic E-state index is -0.672. The zero-order valence-corrected chi connectivity index (χ0v) is 10.1. The SMILES string of the molecule is COC(=O)C[C@@H](C1COC(C)(C)O1)N(C)O. The highest BCUT2D eigenvalue weighted by Gasteiger charge is 2.39. The smallest absolute Gasteiger partial charge is 0.307 e. The van der Waals surface area contributed by atoms with Crippen molar-refractivity contribution in [2.24, 2.45) is 0 Å². The Hall–Kier alpha value is -0.690. The topological polar surface area (TPSA) is 68.2 Å². The van der Waals surface area contributed by atoms with E-state index in [0.717, 1.165) is 5.06 Å². The zero-order valence-electron chi connectivity index (χ0n) is 10.1. The first kappa shape index (κ1) is 13.4. The first-order valence-electron chi connectivity index (χ1n) is 5.16. The number of hydroxylamine groups is 2. The zero-order chi connectivity index (χ0) is 12.3. The molecule has 0 aromatic carbocycles. The van der Waals surface area contributed by atoms with Crippen molar-refractivity contribution < 1.29 is 24.2 Å². The van der Waals surface area contributed by atoms with Gasteiger partial charge in [-0.15, -0.1) is 0 Å². The Morgan fingerprint density at radius 3 is 2.69 bits per heavy atom. The largest absolute Gasteiger partial charge is 0.469 e. The van der Waals surface area contributed by atoms with Crippen molar-refractivity contribution in [3.63, 3.8) is 0 Å². The van der Waals surface area contributed by atoms with Crippen LogP contribution in [0.4, 0.5) is 0 Å². The molecule has 0 spiro atoms. The van der Waals surface area contributed by atoms with Gasteiger partial charge >= 0.3 is 5.97 Å². The van der Waals surface area contributed by atoms with Gasteiger partial charge < -0.3 is 19.4 Å². The molecule has 1 saturated heterocycles. The standard InChI is InChI=1S/C10H19NO5/c1-10(2)15-6-8(16-10)7(11(3)13)5-9(12)14-4/h7-8,13H,5-6H2,1-4H3/t7-,8?/m0/s1. The second kappa shape index (κ2) is 5.09.